The highest BCUT2D eigenvalue weighted by Crippen LogP contribution is 2.23. The van der Waals surface area contributed by atoms with E-state index in [0.29, 0.717) is 31.2 Å². The predicted molar refractivity (Wildman–Crippen MR) is 122 cm³/mol. The quantitative estimate of drug-likeness (QED) is 0.512. The normalized spacial score (nSPS) is 14.5. The maximum atomic E-state index is 13.2. The van der Waals surface area contributed by atoms with Gasteiger partial charge in [0.1, 0.15) is 18.2 Å². The minimum absolute atomic E-state index is 0.222. The summed E-state index contributed by atoms with van der Waals surface area (Å²) < 4.78 is 20.7. The topological polar surface area (TPSA) is 47.4 Å². The highest BCUT2D eigenvalue weighted by Gasteiger charge is 2.22. The van der Waals surface area contributed by atoms with E-state index in [1.165, 1.54) is 17.7 Å². The molecule has 1 saturated heterocycles. The van der Waals surface area contributed by atoms with Crippen LogP contribution < -0.4 is 4.74 Å². The Morgan fingerprint density at radius 3 is 2.56 bits per heavy atom. The van der Waals surface area contributed by atoms with Crippen molar-refractivity contribution in [3.63, 3.8) is 0 Å². The van der Waals surface area contributed by atoms with Gasteiger partial charge in [0.05, 0.1) is 6.20 Å². The molecule has 1 aliphatic rings. The molecule has 32 heavy (non-hydrogen) atoms. The van der Waals surface area contributed by atoms with E-state index in [1.807, 2.05) is 28.9 Å². The highest BCUT2D eigenvalue weighted by molar-refractivity contribution is 5.76. The zero-order chi connectivity index (χ0) is 22.3. The number of rotatable bonds is 8. The van der Waals surface area contributed by atoms with Crippen LogP contribution in [-0.2, 0) is 24.4 Å². The summed E-state index contributed by atoms with van der Waals surface area (Å²) >= 11 is 0. The van der Waals surface area contributed by atoms with Crippen LogP contribution in [0.3, 0.4) is 0 Å². The summed E-state index contributed by atoms with van der Waals surface area (Å²) in [7, 11) is 0. The third-order valence-corrected chi connectivity index (χ3v) is 6.03. The van der Waals surface area contributed by atoms with Gasteiger partial charge in [-0.2, -0.15) is 5.10 Å². The van der Waals surface area contributed by atoms with Crippen LogP contribution in [0, 0.1) is 18.7 Å². The van der Waals surface area contributed by atoms with Gasteiger partial charge in [-0.25, -0.2) is 4.39 Å². The van der Waals surface area contributed by atoms with E-state index >= 15 is 0 Å². The van der Waals surface area contributed by atoms with Gasteiger partial charge in [-0.05, 0) is 60.9 Å². The van der Waals surface area contributed by atoms with Gasteiger partial charge < -0.3 is 9.64 Å². The molecule has 0 radical (unpaired) electrons. The van der Waals surface area contributed by atoms with Crippen LogP contribution in [-0.4, -0.2) is 33.7 Å². The van der Waals surface area contributed by atoms with Crippen molar-refractivity contribution in [2.24, 2.45) is 5.92 Å². The van der Waals surface area contributed by atoms with E-state index < -0.39 is 0 Å². The van der Waals surface area contributed by atoms with Gasteiger partial charge in [0, 0.05) is 38.3 Å². The second kappa shape index (κ2) is 10.4. The van der Waals surface area contributed by atoms with Crippen molar-refractivity contribution in [3.8, 4) is 5.75 Å². The summed E-state index contributed by atoms with van der Waals surface area (Å²) in [4.78, 5) is 14.5. The number of carbonyl (C=O) groups excluding carboxylic acids is 1. The molecule has 5 nitrogen and oxygen atoms in total. The van der Waals surface area contributed by atoms with E-state index in [2.05, 4.69) is 29.4 Å². The molecular formula is C26H30FN3O2. The van der Waals surface area contributed by atoms with Gasteiger partial charge in [0.2, 0.25) is 5.91 Å². The molecule has 4 rings (SSSR count). The van der Waals surface area contributed by atoms with Gasteiger partial charge in [-0.3, -0.25) is 9.48 Å². The first-order valence-corrected chi connectivity index (χ1v) is 11.3. The van der Waals surface area contributed by atoms with Crippen molar-refractivity contribution >= 4 is 5.91 Å². The third-order valence-electron chi connectivity index (χ3n) is 6.03. The number of piperidine rings is 1. The molecule has 6 heteroatoms. The van der Waals surface area contributed by atoms with Crippen LogP contribution in [0.4, 0.5) is 4.39 Å². The van der Waals surface area contributed by atoms with Crippen LogP contribution >= 0.6 is 0 Å². The molecule has 0 spiro atoms. The van der Waals surface area contributed by atoms with E-state index in [-0.39, 0.29) is 11.7 Å². The maximum absolute atomic E-state index is 13.2. The molecule has 1 aliphatic heterocycles. The van der Waals surface area contributed by atoms with Crippen molar-refractivity contribution in [2.45, 2.75) is 45.8 Å². The maximum Gasteiger partial charge on any atom is 0.224 e. The molecule has 0 atom stereocenters. The van der Waals surface area contributed by atoms with Gasteiger partial charge in [0.15, 0.2) is 0 Å². The molecule has 2 aromatic carbocycles. The number of ether oxygens (including phenoxy) is 1. The summed E-state index contributed by atoms with van der Waals surface area (Å²) in [6, 6.07) is 14.6. The average Bonchev–Trinajstić information content (AvgIpc) is 3.23. The number of aryl methyl sites for hydroxylation is 2. The second-order valence-corrected chi connectivity index (χ2v) is 8.62. The van der Waals surface area contributed by atoms with Crippen LogP contribution in [0.15, 0.2) is 60.9 Å². The molecular weight excluding hydrogens is 405 g/mol. The smallest absolute Gasteiger partial charge is 0.224 e. The lowest BCUT2D eigenvalue weighted by Crippen LogP contribution is -2.39. The fourth-order valence-corrected chi connectivity index (χ4v) is 4.17. The van der Waals surface area contributed by atoms with Crippen molar-refractivity contribution in [1.82, 2.24) is 14.7 Å². The number of halogens is 1. The van der Waals surface area contributed by atoms with Crippen molar-refractivity contribution in [3.05, 3.63) is 83.4 Å². The molecule has 0 N–H and O–H groups in total. The summed E-state index contributed by atoms with van der Waals surface area (Å²) in [5, 5.41) is 4.25. The molecule has 0 aliphatic carbocycles. The summed E-state index contributed by atoms with van der Waals surface area (Å²) in [5.41, 5.74) is 3.48. The van der Waals surface area contributed by atoms with Gasteiger partial charge in [0.25, 0.3) is 0 Å². The van der Waals surface area contributed by atoms with E-state index in [1.54, 1.807) is 12.1 Å². The highest BCUT2D eigenvalue weighted by atomic mass is 19.1. The van der Waals surface area contributed by atoms with Gasteiger partial charge in [-0.1, -0.05) is 30.3 Å². The molecule has 1 aromatic heterocycles. The Morgan fingerprint density at radius 1 is 1.12 bits per heavy atom. The average molecular weight is 436 g/mol. The number of hydrogen-bond acceptors (Lipinski definition) is 3. The molecule has 0 bridgehead atoms. The molecule has 1 amide bonds. The molecule has 0 unspecified atom stereocenters. The molecule has 168 valence electrons. The minimum atomic E-state index is -0.293. The van der Waals surface area contributed by atoms with Crippen molar-refractivity contribution < 1.29 is 13.9 Å². The summed E-state index contributed by atoms with van der Waals surface area (Å²) in [6.07, 6.45) is 7.40. The minimum Gasteiger partial charge on any atom is -0.489 e. The monoisotopic (exact) mass is 435 g/mol. The number of aromatic nitrogens is 2. The number of benzene rings is 2. The summed E-state index contributed by atoms with van der Waals surface area (Å²) in [5.74, 6) is 1.06. The fourth-order valence-electron chi connectivity index (χ4n) is 4.17. The zero-order valence-corrected chi connectivity index (χ0v) is 18.5. The Hall–Kier alpha value is -3.15. The molecule has 2 heterocycles. The van der Waals surface area contributed by atoms with Crippen LogP contribution in [0.2, 0.25) is 0 Å². The Bertz CT molecular complexity index is 1020. The number of likely N-dealkylation sites (tertiary alicyclic amines) is 1. The lowest BCUT2D eigenvalue weighted by Gasteiger charge is -2.32. The van der Waals surface area contributed by atoms with E-state index in [9.17, 15) is 9.18 Å². The van der Waals surface area contributed by atoms with E-state index in [4.69, 9.17) is 4.74 Å². The van der Waals surface area contributed by atoms with Crippen molar-refractivity contribution in [1.29, 1.82) is 0 Å². The SMILES string of the molecule is Cc1cnn(CCC(=O)N2CCC(Cc3ccc(COc4cccc(F)c4)cc3)CC2)c1. The van der Waals surface area contributed by atoms with E-state index in [0.717, 1.165) is 43.5 Å². The first-order valence-electron chi connectivity index (χ1n) is 11.3. The first-order chi connectivity index (χ1) is 15.5. The standard InChI is InChI=1S/C26H30FN3O2/c1-20-17-28-30(18-20)14-11-26(31)29-12-9-22(10-13-29)15-21-5-7-23(8-6-21)19-32-25-4-2-3-24(27)16-25/h2-8,16-18,22H,9-15,19H2,1H3. The van der Waals surface area contributed by atoms with Gasteiger partial charge >= 0.3 is 0 Å². The van der Waals surface area contributed by atoms with Gasteiger partial charge in [-0.15, -0.1) is 0 Å². The van der Waals surface area contributed by atoms with Crippen LogP contribution in [0.5, 0.6) is 5.75 Å². The largest absolute Gasteiger partial charge is 0.489 e. The van der Waals surface area contributed by atoms with Crippen molar-refractivity contribution in [2.75, 3.05) is 13.1 Å². The molecule has 0 saturated carbocycles. The zero-order valence-electron chi connectivity index (χ0n) is 18.5. The number of nitrogens with zero attached hydrogens (tertiary/aromatic N) is 3. The lowest BCUT2D eigenvalue weighted by atomic mass is 9.90. The fraction of sp³-hybridized carbons (Fsp3) is 0.385. The predicted octanol–water partition coefficient (Wildman–Crippen LogP) is 4.78. The lowest BCUT2D eigenvalue weighted by molar-refractivity contribution is -0.132. The Morgan fingerprint density at radius 2 is 1.88 bits per heavy atom. The Kier molecular flexibility index (Phi) is 7.20. The first kappa shape index (κ1) is 22.1. The van der Waals surface area contributed by atoms with Crippen LogP contribution in [0.1, 0.15) is 36.0 Å². The third kappa shape index (κ3) is 6.19. The van der Waals surface area contributed by atoms with Crippen LogP contribution in [0.25, 0.3) is 0 Å². The number of amides is 1. The number of carbonyl (C=O) groups is 1. The summed E-state index contributed by atoms with van der Waals surface area (Å²) in [6.45, 7) is 4.73. The Labute approximate surface area is 188 Å². The molecule has 3 aromatic rings. The second-order valence-electron chi connectivity index (χ2n) is 8.62. The molecule has 1 fully saturated rings. The number of hydrogen-bond donors (Lipinski definition) is 0. The Balaban J connectivity index is 1.19.